The number of fused-ring (bicyclic) bond motifs is 1. The SMILES string of the molecule is CC(C)(COP(=O)(O)OP(=O)(O)OC[C@H]1O[C@@H](n2cnc3c(N)ncnc32)[C@H](O)[C@@H]1OP(=O)(O)O)[C@@H](O)C(=O)NCCC(=O)NCCSC(=O)CC(O)CCCC(=O)[O-]. The smallest absolute Gasteiger partial charge is 0.481 e. The van der Waals surface area contributed by atoms with Crippen LogP contribution in [0.4, 0.5) is 5.82 Å². The van der Waals surface area contributed by atoms with E-state index in [1.54, 1.807) is 0 Å². The predicted molar refractivity (Wildman–Crippen MR) is 197 cm³/mol. The summed E-state index contributed by atoms with van der Waals surface area (Å²) in [5.41, 5.74) is 4.18. The molecule has 1 saturated heterocycles. The number of imidazole rings is 1. The molecular weight excluding hydrogens is 879 g/mol. The molecule has 1 aliphatic heterocycles. The second-order valence-electron chi connectivity index (χ2n) is 13.4. The maximum Gasteiger partial charge on any atom is 0.481 e. The number of aliphatic hydroxyl groups excluding tert-OH is 3. The number of aliphatic hydroxyl groups is 3. The summed E-state index contributed by atoms with van der Waals surface area (Å²) in [6.07, 6.45) is -8.33. The summed E-state index contributed by atoms with van der Waals surface area (Å²) in [6, 6.07) is 0. The zero-order valence-corrected chi connectivity index (χ0v) is 34.7. The van der Waals surface area contributed by atoms with Crippen molar-refractivity contribution < 1.29 is 95.5 Å². The molecular formula is C28H45N7O20P3S-. The van der Waals surface area contributed by atoms with E-state index in [-0.39, 0.29) is 73.0 Å². The molecule has 8 atom stereocenters. The summed E-state index contributed by atoms with van der Waals surface area (Å²) in [7, 11) is -16.5. The minimum Gasteiger partial charge on any atom is -0.550 e. The van der Waals surface area contributed by atoms with E-state index in [0.29, 0.717) is 0 Å². The Labute approximate surface area is 338 Å². The third kappa shape index (κ3) is 16.4. The molecule has 1 aliphatic rings. The van der Waals surface area contributed by atoms with Gasteiger partial charge < -0.3 is 65.9 Å². The van der Waals surface area contributed by atoms with Crippen LogP contribution in [0, 0.1) is 5.41 Å². The van der Waals surface area contributed by atoms with Gasteiger partial charge in [0.25, 0.3) is 0 Å². The molecule has 2 aromatic heterocycles. The molecule has 27 nitrogen and oxygen atoms in total. The zero-order chi connectivity index (χ0) is 44.3. The summed E-state index contributed by atoms with van der Waals surface area (Å²) < 4.78 is 62.0. The van der Waals surface area contributed by atoms with Gasteiger partial charge in [-0.25, -0.2) is 28.6 Å². The average molecular weight is 925 g/mol. The van der Waals surface area contributed by atoms with Crippen molar-refractivity contribution in [3.8, 4) is 0 Å². The van der Waals surface area contributed by atoms with Crippen LogP contribution in [0.3, 0.4) is 0 Å². The van der Waals surface area contributed by atoms with Crippen LogP contribution in [0.5, 0.6) is 0 Å². The van der Waals surface area contributed by atoms with Gasteiger partial charge in [0.15, 0.2) is 22.8 Å². The normalized spacial score (nSPS) is 21.6. The minimum absolute atomic E-state index is 0.0159. The van der Waals surface area contributed by atoms with Crippen molar-refractivity contribution in [3.05, 3.63) is 12.7 Å². The number of nitrogens with zero attached hydrogens (tertiary/aromatic N) is 4. The van der Waals surface area contributed by atoms with Crippen LogP contribution in [0.2, 0.25) is 0 Å². The molecule has 2 aromatic rings. The first-order valence-corrected chi connectivity index (χ1v) is 22.7. The first kappa shape index (κ1) is 50.3. The standard InChI is InChI=1S/C28H46N7O20P3S/c1-28(2,23(42)26(43)31-7-6-17(37)30-8-9-59-19(40)10-15(36)4-3-5-18(38)39)12-52-58(49,50)55-57(47,48)51-11-16-22(54-56(44,45)46)21(41)27(53-16)35-14-34-20-24(29)32-13-33-25(20)35/h13-16,21-23,27,36,41-42H,3-12H2,1-2H3,(H,30,37)(H,31,43)(H,38,39)(H,47,48)(H,49,50)(H2,29,32,33)(H2,44,45,46)/p-1/t15?,16-,21-,22-,23+,27-/m1/s1. The molecule has 0 saturated carbocycles. The Morgan fingerprint density at radius 3 is 2.37 bits per heavy atom. The Morgan fingerprint density at radius 2 is 1.71 bits per heavy atom. The van der Waals surface area contributed by atoms with Crippen molar-refractivity contribution in [3.63, 3.8) is 0 Å². The van der Waals surface area contributed by atoms with Gasteiger partial charge in [-0.05, 0) is 19.3 Å². The minimum atomic E-state index is -5.60. The highest BCUT2D eigenvalue weighted by Gasteiger charge is 2.50. The number of phosphoric acid groups is 3. The summed E-state index contributed by atoms with van der Waals surface area (Å²) in [5, 5.41) is 46.1. The quantitative estimate of drug-likeness (QED) is 0.0359. The number of carbonyl (C=O) groups is 4. The lowest BCUT2D eigenvalue weighted by Gasteiger charge is -2.30. The van der Waals surface area contributed by atoms with E-state index < -0.39 is 96.6 Å². The maximum atomic E-state index is 12.7. The first-order chi connectivity index (χ1) is 27.3. The van der Waals surface area contributed by atoms with E-state index in [1.807, 2.05) is 0 Å². The van der Waals surface area contributed by atoms with Crippen molar-refractivity contribution in [2.24, 2.45) is 5.41 Å². The number of nitrogen functional groups attached to an aromatic ring is 1. The highest BCUT2D eigenvalue weighted by Crippen LogP contribution is 2.61. The summed E-state index contributed by atoms with van der Waals surface area (Å²) in [6.45, 7) is 0.155. The molecule has 334 valence electrons. The number of hydrogen-bond acceptors (Lipinski definition) is 21. The molecule has 11 N–H and O–H groups in total. The molecule has 0 aliphatic carbocycles. The van der Waals surface area contributed by atoms with Crippen molar-refractivity contribution in [2.75, 3.05) is 37.8 Å². The van der Waals surface area contributed by atoms with Crippen LogP contribution in [-0.4, -0.2) is 140 Å². The van der Waals surface area contributed by atoms with Crippen LogP contribution in [0.15, 0.2) is 12.7 Å². The van der Waals surface area contributed by atoms with E-state index in [2.05, 4.69) is 34.4 Å². The number of aromatic nitrogens is 4. The topological polar surface area (TPSA) is 424 Å². The molecule has 0 radical (unpaired) electrons. The van der Waals surface area contributed by atoms with E-state index >= 15 is 0 Å². The summed E-state index contributed by atoms with van der Waals surface area (Å²) in [4.78, 5) is 97.9. The predicted octanol–water partition coefficient (Wildman–Crippen LogP) is -2.66. The number of nitrogens with two attached hydrogens (primary N) is 1. The fraction of sp³-hybridized carbons (Fsp3) is 0.679. The monoisotopic (exact) mass is 924 g/mol. The van der Waals surface area contributed by atoms with E-state index in [9.17, 15) is 72.9 Å². The fourth-order valence-corrected chi connectivity index (χ4v) is 8.70. The Hall–Kier alpha value is -3.01. The number of hydrogen-bond donors (Lipinski definition) is 10. The molecule has 3 rings (SSSR count). The third-order valence-electron chi connectivity index (χ3n) is 8.09. The van der Waals surface area contributed by atoms with Gasteiger partial charge in [-0.15, -0.1) is 0 Å². The third-order valence-corrected chi connectivity index (χ3v) is 12.1. The van der Waals surface area contributed by atoms with Gasteiger partial charge in [-0.1, -0.05) is 25.6 Å². The number of aliphatic carboxylic acids is 1. The van der Waals surface area contributed by atoms with Gasteiger partial charge in [0.1, 0.15) is 36.3 Å². The lowest BCUT2D eigenvalue weighted by atomic mass is 9.87. The lowest BCUT2D eigenvalue weighted by Crippen LogP contribution is -2.46. The maximum absolute atomic E-state index is 12.7. The van der Waals surface area contributed by atoms with E-state index in [4.69, 9.17) is 19.5 Å². The number of phosphoric ester groups is 3. The Morgan fingerprint density at radius 1 is 1.03 bits per heavy atom. The number of nitrogens with one attached hydrogen (secondary N) is 2. The van der Waals surface area contributed by atoms with Gasteiger partial charge >= 0.3 is 23.5 Å². The Bertz CT molecular complexity index is 1940. The Kier molecular flexibility index (Phi) is 18.5. The average Bonchev–Trinajstić information content (AvgIpc) is 3.67. The molecule has 1 fully saturated rings. The van der Waals surface area contributed by atoms with Gasteiger partial charge in [-0.2, -0.15) is 4.31 Å². The number of anilines is 1. The van der Waals surface area contributed by atoms with Crippen LogP contribution in [-0.2, 0) is 55.5 Å². The van der Waals surface area contributed by atoms with Gasteiger partial charge in [-0.3, -0.25) is 32.5 Å². The van der Waals surface area contributed by atoms with Crippen molar-refractivity contribution >= 4 is 75.1 Å². The fourth-order valence-electron chi connectivity index (χ4n) is 5.13. The second-order valence-corrected chi connectivity index (χ2v) is 18.8. The second kappa shape index (κ2) is 21.7. The number of carboxylic acid groups (broad SMARTS) is 1. The summed E-state index contributed by atoms with van der Waals surface area (Å²) in [5.74, 6) is -2.71. The van der Waals surface area contributed by atoms with Crippen molar-refractivity contribution in [1.82, 2.24) is 30.2 Å². The largest absolute Gasteiger partial charge is 0.550 e. The molecule has 31 heteroatoms. The van der Waals surface area contributed by atoms with Crippen molar-refractivity contribution in [2.45, 2.75) is 82.7 Å². The number of rotatable bonds is 25. The van der Waals surface area contributed by atoms with Crippen LogP contribution in [0.25, 0.3) is 11.2 Å². The number of carboxylic acids is 1. The van der Waals surface area contributed by atoms with Gasteiger partial charge in [0, 0.05) is 43.1 Å². The number of carbonyl (C=O) groups excluding carboxylic acids is 4. The molecule has 2 amide bonds. The molecule has 59 heavy (non-hydrogen) atoms. The highest BCUT2D eigenvalue weighted by atomic mass is 32.2. The van der Waals surface area contributed by atoms with E-state index in [0.717, 1.165) is 29.0 Å². The molecule has 0 bridgehead atoms. The first-order valence-electron chi connectivity index (χ1n) is 17.2. The number of amides is 2. The van der Waals surface area contributed by atoms with Crippen LogP contribution < -0.4 is 21.5 Å². The molecule has 3 unspecified atom stereocenters. The van der Waals surface area contributed by atoms with Crippen LogP contribution in [0.1, 0.15) is 52.2 Å². The Balaban J connectivity index is 1.44. The van der Waals surface area contributed by atoms with E-state index in [1.165, 1.54) is 13.8 Å². The summed E-state index contributed by atoms with van der Waals surface area (Å²) >= 11 is 0.850. The van der Waals surface area contributed by atoms with Crippen LogP contribution >= 0.6 is 35.2 Å². The highest BCUT2D eigenvalue weighted by molar-refractivity contribution is 8.13. The number of ether oxygens (including phenoxy) is 1. The number of thioether (sulfide) groups is 1. The molecule has 0 spiro atoms. The van der Waals surface area contributed by atoms with Gasteiger partial charge in [0.2, 0.25) is 11.8 Å². The van der Waals surface area contributed by atoms with Gasteiger partial charge in [0.05, 0.1) is 25.6 Å². The lowest BCUT2D eigenvalue weighted by molar-refractivity contribution is -0.305. The zero-order valence-electron chi connectivity index (χ0n) is 31.2. The molecule has 3 heterocycles. The van der Waals surface area contributed by atoms with Crippen molar-refractivity contribution in [1.29, 1.82) is 0 Å². The molecule has 0 aromatic carbocycles.